The van der Waals surface area contributed by atoms with Crippen LogP contribution in [0.1, 0.15) is 6.92 Å². The second kappa shape index (κ2) is 7.49. The molecule has 3 aromatic rings. The van der Waals surface area contributed by atoms with Crippen molar-refractivity contribution in [3.8, 4) is 22.8 Å². The number of methoxy groups -OCH3 is 1. The van der Waals surface area contributed by atoms with Crippen LogP contribution in [-0.4, -0.2) is 27.3 Å². The number of nitrogens with zero attached hydrogens (tertiary/aromatic N) is 1. The molecule has 3 rings (SSSR count). The van der Waals surface area contributed by atoms with Crippen LogP contribution >= 0.6 is 0 Å². The zero-order chi connectivity index (χ0) is 18.6. The smallest absolute Gasteiger partial charge is 0.265 e. The topological polar surface area (TPSA) is 90.7 Å². The molecule has 0 unspecified atom stereocenters. The molecule has 0 spiro atoms. The molecular weight excluding hydrogens is 356 g/mol. The first-order valence-electron chi connectivity index (χ1n) is 7.88. The summed E-state index contributed by atoms with van der Waals surface area (Å²) < 4.78 is 43.7. The molecule has 0 aliphatic rings. The number of rotatable bonds is 7. The molecule has 26 heavy (non-hydrogen) atoms. The Hall–Kier alpha value is -3.00. The molecule has 0 saturated carbocycles. The van der Waals surface area contributed by atoms with E-state index in [9.17, 15) is 8.42 Å². The lowest BCUT2D eigenvalue weighted by atomic mass is 10.1. The van der Waals surface area contributed by atoms with Gasteiger partial charge >= 0.3 is 0 Å². The summed E-state index contributed by atoms with van der Waals surface area (Å²) in [5.74, 6) is 1.40. The van der Waals surface area contributed by atoms with Gasteiger partial charge in [-0.25, -0.2) is 8.42 Å². The minimum Gasteiger partial charge on any atom is -0.495 e. The van der Waals surface area contributed by atoms with E-state index in [2.05, 4.69) is 9.88 Å². The Morgan fingerprint density at radius 1 is 1.12 bits per heavy atom. The van der Waals surface area contributed by atoms with Gasteiger partial charge in [-0.2, -0.15) is 0 Å². The zero-order valence-corrected chi connectivity index (χ0v) is 15.1. The average Bonchev–Trinajstić information content (AvgIpc) is 3.17. The molecule has 0 bridgehead atoms. The number of nitrogens with one attached hydrogen (secondary N) is 1. The maximum atomic E-state index is 12.7. The number of anilines is 1. The first-order chi connectivity index (χ1) is 12.5. The van der Waals surface area contributed by atoms with E-state index >= 15 is 0 Å². The van der Waals surface area contributed by atoms with E-state index in [1.165, 1.54) is 19.4 Å². The van der Waals surface area contributed by atoms with Crippen LogP contribution < -0.4 is 14.2 Å². The van der Waals surface area contributed by atoms with Crippen molar-refractivity contribution < 1.29 is 22.4 Å². The predicted octanol–water partition coefficient (Wildman–Crippen LogP) is 3.55. The van der Waals surface area contributed by atoms with Gasteiger partial charge in [-0.1, -0.05) is 5.16 Å². The summed E-state index contributed by atoms with van der Waals surface area (Å²) in [6, 6.07) is 13.0. The molecule has 1 aromatic heterocycles. The Labute approximate surface area is 151 Å². The molecule has 0 saturated heterocycles. The summed E-state index contributed by atoms with van der Waals surface area (Å²) in [6.45, 7) is 2.42. The second-order valence-corrected chi connectivity index (χ2v) is 6.96. The number of aromatic nitrogens is 1. The van der Waals surface area contributed by atoms with Crippen molar-refractivity contribution in [2.24, 2.45) is 0 Å². The van der Waals surface area contributed by atoms with Crippen molar-refractivity contribution >= 4 is 15.7 Å². The minimum absolute atomic E-state index is 0.0251. The van der Waals surface area contributed by atoms with Crippen molar-refractivity contribution in [2.75, 3.05) is 18.4 Å². The molecule has 0 aliphatic carbocycles. The van der Waals surface area contributed by atoms with Crippen molar-refractivity contribution in [3.63, 3.8) is 0 Å². The maximum absolute atomic E-state index is 12.7. The number of ether oxygens (including phenoxy) is 2. The van der Waals surface area contributed by atoms with E-state index in [4.69, 9.17) is 14.0 Å². The Bertz CT molecular complexity index is 967. The van der Waals surface area contributed by atoms with Crippen LogP contribution in [0.2, 0.25) is 0 Å². The fraction of sp³-hybridized carbons (Fsp3) is 0.167. The van der Waals surface area contributed by atoms with Crippen molar-refractivity contribution in [1.29, 1.82) is 0 Å². The van der Waals surface area contributed by atoms with Gasteiger partial charge < -0.3 is 14.0 Å². The van der Waals surface area contributed by atoms with Gasteiger partial charge in [0.05, 0.1) is 19.9 Å². The molecule has 0 amide bonds. The van der Waals surface area contributed by atoms with Gasteiger partial charge in [0.1, 0.15) is 16.4 Å². The average molecular weight is 374 g/mol. The minimum atomic E-state index is -3.83. The molecule has 2 aromatic carbocycles. The Morgan fingerprint density at radius 3 is 2.50 bits per heavy atom. The third-order valence-electron chi connectivity index (χ3n) is 3.59. The standard InChI is InChI=1S/C18H18N2O5S/c1-3-24-15-7-5-14(6-8-15)20-26(21,22)18-9-4-13(12-17(18)23-2)16-10-11-19-25-16/h4-12,20H,3H2,1-2H3. The van der Waals surface area contributed by atoms with Gasteiger partial charge in [0, 0.05) is 17.3 Å². The van der Waals surface area contributed by atoms with Crippen LogP contribution in [0.15, 0.2) is 64.1 Å². The largest absolute Gasteiger partial charge is 0.495 e. The lowest BCUT2D eigenvalue weighted by Crippen LogP contribution is -2.14. The molecule has 136 valence electrons. The van der Waals surface area contributed by atoms with Gasteiger partial charge in [-0.15, -0.1) is 0 Å². The summed E-state index contributed by atoms with van der Waals surface area (Å²) in [5.41, 5.74) is 1.09. The lowest BCUT2D eigenvalue weighted by Gasteiger charge is -2.13. The van der Waals surface area contributed by atoms with E-state index < -0.39 is 10.0 Å². The van der Waals surface area contributed by atoms with Gasteiger partial charge in [-0.3, -0.25) is 4.72 Å². The molecule has 8 heteroatoms. The van der Waals surface area contributed by atoms with E-state index in [0.717, 1.165) is 0 Å². The summed E-state index contributed by atoms with van der Waals surface area (Å²) in [7, 11) is -2.42. The lowest BCUT2D eigenvalue weighted by molar-refractivity contribution is 0.340. The second-order valence-electron chi connectivity index (χ2n) is 5.31. The zero-order valence-electron chi connectivity index (χ0n) is 14.3. The molecule has 1 N–H and O–H groups in total. The van der Waals surface area contributed by atoms with E-state index in [1.54, 1.807) is 42.5 Å². The van der Waals surface area contributed by atoms with Crippen LogP contribution in [0.25, 0.3) is 11.3 Å². The number of hydrogen-bond acceptors (Lipinski definition) is 6. The summed E-state index contributed by atoms with van der Waals surface area (Å²) >= 11 is 0. The fourth-order valence-corrected chi connectivity index (χ4v) is 3.61. The molecule has 0 fully saturated rings. The number of benzene rings is 2. The van der Waals surface area contributed by atoms with Crippen LogP contribution in [0.4, 0.5) is 5.69 Å². The maximum Gasteiger partial charge on any atom is 0.265 e. The number of hydrogen-bond donors (Lipinski definition) is 1. The van der Waals surface area contributed by atoms with Gasteiger partial charge in [-0.05, 0) is 49.4 Å². The highest BCUT2D eigenvalue weighted by Crippen LogP contribution is 2.31. The Balaban J connectivity index is 1.88. The molecule has 0 aliphatic heterocycles. The molecule has 1 heterocycles. The quantitative estimate of drug-likeness (QED) is 0.680. The molecule has 7 nitrogen and oxygen atoms in total. The Kier molecular flexibility index (Phi) is 5.13. The van der Waals surface area contributed by atoms with Crippen LogP contribution in [0.3, 0.4) is 0 Å². The highest BCUT2D eigenvalue weighted by atomic mass is 32.2. The normalized spacial score (nSPS) is 11.2. The van der Waals surface area contributed by atoms with Crippen LogP contribution in [-0.2, 0) is 10.0 Å². The van der Waals surface area contributed by atoms with Gasteiger partial charge in [0.15, 0.2) is 5.76 Å². The van der Waals surface area contributed by atoms with Crippen molar-refractivity contribution in [3.05, 3.63) is 54.7 Å². The van der Waals surface area contributed by atoms with E-state index in [0.29, 0.717) is 29.4 Å². The van der Waals surface area contributed by atoms with Crippen LogP contribution in [0.5, 0.6) is 11.5 Å². The van der Waals surface area contributed by atoms with Crippen molar-refractivity contribution in [1.82, 2.24) is 5.16 Å². The highest BCUT2D eigenvalue weighted by molar-refractivity contribution is 7.92. The van der Waals surface area contributed by atoms with E-state index in [1.807, 2.05) is 6.92 Å². The summed E-state index contributed by atoms with van der Waals surface area (Å²) in [5, 5.41) is 3.64. The third-order valence-corrected chi connectivity index (χ3v) is 5.01. The number of sulfonamides is 1. The summed E-state index contributed by atoms with van der Waals surface area (Å²) in [4.78, 5) is 0.0251. The summed E-state index contributed by atoms with van der Waals surface area (Å²) in [6.07, 6.45) is 1.51. The Morgan fingerprint density at radius 2 is 1.88 bits per heavy atom. The van der Waals surface area contributed by atoms with Crippen LogP contribution in [0, 0.1) is 0 Å². The highest BCUT2D eigenvalue weighted by Gasteiger charge is 2.21. The van der Waals surface area contributed by atoms with Gasteiger partial charge in [0.2, 0.25) is 0 Å². The predicted molar refractivity (Wildman–Crippen MR) is 96.9 cm³/mol. The van der Waals surface area contributed by atoms with E-state index in [-0.39, 0.29) is 10.6 Å². The molecule has 0 radical (unpaired) electrons. The fourth-order valence-electron chi connectivity index (χ4n) is 2.40. The molecule has 0 atom stereocenters. The van der Waals surface area contributed by atoms with Crippen molar-refractivity contribution in [2.45, 2.75) is 11.8 Å². The third kappa shape index (κ3) is 3.80. The monoisotopic (exact) mass is 374 g/mol. The first kappa shape index (κ1) is 17.8. The SMILES string of the molecule is CCOc1ccc(NS(=O)(=O)c2ccc(-c3ccno3)cc2OC)cc1. The molecular formula is C18H18N2O5S. The van der Waals surface area contributed by atoms with Gasteiger partial charge in [0.25, 0.3) is 10.0 Å². The first-order valence-corrected chi connectivity index (χ1v) is 9.36.